The minimum absolute atomic E-state index is 0.123. The second-order valence-electron chi connectivity index (χ2n) is 14.0. The van der Waals surface area contributed by atoms with Gasteiger partial charge in [0.05, 0.1) is 11.9 Å². The lowest BCUT2D eigenvalue weighted by atomic mass is 9.48. The van der Waals surface area contributed by atoms with Crippen LogP contribution in [0.25, 0.3) is 0 Å². The highest BCUT2D eigenvalue weighted by Gasteiger charge is 2.51. The summed E-state index contributed by atoms with van der Waals surface area (Å²) in [4.78, 5) is 28.8. The van der Waals surface area contributed by atoms with Gasteiger partial charge in [-0.2, -0.15) is 0 Å². The van der Waals surface area contributed by atoms with Crippen LogP contribution >= 0.6 is 0 Å². The minimum atomic E-state index is -3.76. The fourth-order valence-electron chi connectivity index (χ4n) is 8.99. The first kappa shape index (κ1) is 30.2. The van der Waals surface area contributed by atoms with Crippen molar-refractivity contribution in [1.82, 2.24) is 10.2 Å². The molecule has 0 aliphatic heterocycles. The minimum Gasteiger partial charge on any atom is -0.352 e. The van der Waals surface area contributed by atoms with Gasteiger partial charge in [-0.25, -0.2) is 8.42 Å². The first-order valence-corrected chi connectivity index (χ1v) is 18.2. The van der Waals surface area contributed by atoms with Crippen LogP contribution in [0.1, 0.15) is 88.7 Å². The number of carbonyl (C=O) groups excluding carboxylic acids is 2. The molecule has 2 aromatic rings. The third-order valence-corrected chi connectivity index (χ3v) is 11.9. The fourth-order valence-corrected chi connectivity index (χ4v) is 9.84. The predicted molar refractivity (Wildman–Crippen MR) is 170 cm³/mol. The molecule has 232 valence electrons. The lowest BCUT2D eigenvalue weighted by molar-refractivity contribution is -0.139. The number of benzene rings is 2. The van der Waals surface area contributed by atoms with E-state index >= 15 is 0 Å². The number of hydrogen-bond acceptors (Lipinski definition) is 4. The summed E-state index contributed by atoms with van der Waals surface area (Å²) in [6.45, 7) is 1.61. The van der Waals surface area contributed by atoms with E-state index in [4.69, 9.17) is 0 Å². The Kier molecular flexibility index (Phi) is 8.60. The van der Waals surface area contributed by atoms with E-state index in [1.165, 1.54) is 59.7 Å². The van der Waals surface area contributed by atoms with Gasteiger partial charge in [0.25, 0.3) is 0 Å². The van der Waals surface area contributed by atoms with Crippen molar-refractivity contribution in [1.29, 1.82) is 0 Å². The van der Waals surface area contributed by atoms with Crippen molar-refractivity contribution in [2.24, 2.45) is 17.8 Å². The Bertz CT molecular complexity index is 1370. The molecule has 1 atom stereocenters. The molecule has 0 heterocycles. The summed E-state index contributed by atoms with van der Waals surface area (Å²) in [6, 6.07) is 16.9. The van der Waals surface area contributed by atoms with Crippen molar-refractivity contribution in [3.05, 3.63) is 65.7 Å². The molecule has 7 rings (SSSR count). The Balaban J connectivity index is 1.21. The zero-order valence-electron chi connectivity index (χ0n) is 25.7. The second kappa shape index (κ2) is 12.3. The van der Waals surface area contributed by atoms with Crippen molar-refractivity contribution >= 4 is 27.5 Å². The van der Waals surface area contributed by atoms with E-state index in [0.717, 1.165) is 55.3 Å². The normalized spacial score (nSPS) is 27.4. The van der Waals surface area contributed by atoms with E-state index in [1.807, 2.05) is 42.5 Å². The molecule has 8 heteroatoms. The van der Waals surface area contributed by atoms with Gasteiger partial charge in [0.2, 0.25) is 21.8 Å². The first-order valence-electron chi connectivity index (χ1n) is 16.3. The van der Waals surface area contributed by atoms with Crippen LogP contribution in [0.4, 0.5) is 5.69 Å². The fraction of sp³-hybridized carbons (Fsp3) is 0.600. The maximum absolute atomic E-state index is 14.0. The summed E-state index contributed by atoms with van der Waals surface area (Å²) in [7, 11) is -3.76. The molecule has 0 radical (unpaired) electrons. The van der Waals surface area contributed by atoms with Gasteiger partial charge in [0.15, 0.2) is 0 Å². The average molecular weight is 606 g/mol. The van der Waals surface area contributed by atoms with Crippen molar-refractivity contribution < 1.29 is 18.0 Å². The van der Waals surface area contributed by atoms with Gasteiger partial charge in [-0.15, -0.1) is 0 Å². The number of nitrogens with zero attached hydrogens (tertiary/aromatic N) is 2. The molecule has 2 aromatic carbocycles. The maximum Gasteiger partial charge on any atom is 0.244 e. The van der Waals surface area contributed by atoms with Crippen LogP contribution in [0.2, 0.25) is 0 Å². The highest BCUT2D eigenvalue weighted by atomic mass is 32.2. The highest BCUT2D eigenvalue weighted by Crippen LogP contribution is 2.60. The Morgan fingerprint density at radius 3 is 2.02 bits per heavy atom. The lowest BCUT2D eigenvalue weighted by Crippen LogP contribution is -2.53. The molecule has 0 saturated heterocycles. The van der Waals surface area contributed by atoms with Crippen LogP contribution in [-0.2, 0) is 31.6 Å². The van der Waals surface area contributed by atoms with Crippen molar-refractivity contribution in [3.63, 3.8) is 0 Å². The molecule has 4 bridgehead atoms. The van der Waals surface area contributed by atoms with E-state index in [2.05, 4.69) is 17.4 Å². The van der Waals surface area contributed by atoms with Gasteiger partial charge in [-0.3, -0.25) is 13.9 Å². The van der Waals surface area contributed by atoms with E-state index in [-0.39, 0.29) is 30.5 Å². The molecule has 7 nitrogen and oxygen atoms in total. The molecule has 5 aliphatic carbocycles. The first-order chi connectivity index (χ1) is 20.6. The molecule has 5 aliphatic rings. The topological polar surface area (TPSA) is 86.8 Å². The quantitative estimate of drug-likeness (QED) is 0.372. The largest absolute Gasteiger partial charge is 0.352 e. The number of nitrogens with one attached hydrogen (secondary N) is 1. The molecule has 5 saturated carbocycles. The maximum atomic E-state index is 14.0. The Hall–Kier alpha value is -2.87. The molecular weight excluding hydrogens is 558 g/mol. The smallest absolute Gasteiger partial charge is 0.244 e. The Labute approximate surface area is 257 Å². The van der Waals surface area contributed by atoms with Gasteiger partial charge >= 0.3 is 0 Å². The lowest BCUT2D eigenvalue weighted by Gasteiger charge is -2.57. The molecular formula is C35H47N3O4S. The molecule has 1 unspecified atom stereocenters. The zero-order chi connectivity index (χ0) is 30.2. The summed E-state index contributed by atoms with van der Waals surface area (Å²) >= 11 is 0. The Morgan fingerprint density at radius 1 is 0.884 bits per heavy atom. The van der Waals surface area contributed by atoms with E-state index < -0.39 is 22.0 Å². The molecule has 43 heavy (non-hydrogen) atoms. The number of hydrogen-bond donors (Lipinski definition) is 1. The second-order valence-corrected chi connectivity index (χ2v) is 15.9. The third kappa shape index (κ3) is 6.64. The van der Waals surface area contributed by atoms with E-state index in [0.29, 0.717) is 5.69 Å². The number of sulfonamides is 1. The van der Waals surface area contributed by atoms with Crippen LogP contribution in [0, 0.1) is 17.8 Å². The van der Waals surface area contributed by atoms with Crippen molar-refractivity contribution in [2.45, 2.75) is 102 Å². The summed E-state index contributed by atoms with van der Waals surface area (Å²) in [5.41, 5.74) is 2.91. The monoisotopic (exact) mass is 605 g/mol. The van der Waals surface area contributed by atoms with Crippen LogP contribution in [0.3, 0.4) is 0 Å². The predicted octanol–water partition coefficient (Wildman–Crippen LogP) is 5.79. The van der Waals surface area contributed by atoms with Gasteiger partial charge in [0.1, 0.15) is 12.6 Å². The molecule has 1 N–H and O–H groups in total. The van der Waals surface area contributed by atoms with Crippen LogP contribution < -0.4 is 9.62 Å². The summed E-state index contributed by atoms with van der Waals surface area (Å²) in [5, 5.41) is 3.15. The van der Waals surface area contributed by atoms with E-state index in [9.17, 15) is 18.0 Å². The van der Waals surface area contributed by atoms with Gasteiger partial charge < -0.3 is 10.2 Å². The molecule has 0 aromatic heterocycles. The molecule has 2 amide bonds. The van der Waals surface area contributed by atoms with Crippen molar-refractivity contribution in [2.75, 3.05) is 17.1 Å². The summed E-state index contributed by atoms with van der Waals surface area (Å²) in [6.07, 6.45) is 14.3. The van der Waals surface area contributed by atoms with E-state index in [1.54, 1.807) is 6.92 Å². The summed E-state index contributed by atoms with van der Waals surface area (Å²) in [5.74, 6) is 1.88. The van der Waals surface area contributed by atoms with Gasteiger partial charge in [-0.1, -0.05) is 61.7 Å². The number of rotatable bonds is 10. The van der Waals surface area contributed by atoms with Crippen LogP contribution in [0.15, 0.2) is 54.6 Å². The SMILES string of the molecule is CC(C(=O)NC1CCCCC1)N(Cc1ccccc1)C(=O)CN(c1ccc(C23CC4CC(CC(C4)C2)C3)cc1)S(C)(=O)=O. The van der Waals surface area contributed by atoms with Gasteiger partial charge in [-0.05, 0) is 105 Å². The van der Waals surface area contributed by atoms with Gasteiger partial charge in [0, 0.05) is 12.6 Å². The number of carbonyl (C=O) groups is 2. The third-order valence-electron chi connectivity index (χ3n) is 10.8. The van der Waals surface area contributed by atoms with Crippen LogP contribution in [-0.4, -0.2) is 50.0 Å². The molecule has 5 fully saturated rings. The number of anilines is 1. The summed E-state index contributed by atoms with van der Waals surface area (Å²) < 4.78 is 27.4. The molecule has 0 spiro atoms. The Morgan fingerprint density at radius 2 is 1.47 bits per heavy atom. The standard InChI is InChI=1S/C35H47N3O4S/c1-25(34(40)36-31-11-7-4-8-12-31)37(23-26-9-5-3-6-10-26)33(39)24-38(43(2,41)42)32-15-13-30(14-16-32)35-20-27-17-28(21-35)19-29(18-27)22-35/h3,5-6,9-10,13-16,25,27-29,31H,4,7-8,11-12,17-24H2,1-2H3,(H,36,40). The highest BCUT2D eigenvalue weighted by molar-refractivity contribution is 7.92. The number of amides is 2. The average Bonchev–Trinajstić information content (AvgIpc) is 2.98. The zero-order valence-corrected chi connectivity index (χ0v) is 26.5. The van der Waals surface area contributed by atoms with Crippen molar-refractivity contribution in [3.8, 4) is 0 Å². The van der Waals surface area contributed by atoms with Crippen LogP contribution in [0.5, 0.6) is 0 Å².